The van der Waals surface area contributed by atoms with Gasteiger partial charge in [-0.1, -0.05) is 48.0 Å². The number of halogens is 1. The fourth-order valence-corrected chi connectivity index (χ4v) is 3.66. The molecule has 0 spiro atoms. The molecule has 0 heterocycles. The number of sulfonamides is 1. The first-order valence-corrected chi connectivity index (χ1v) is 12.4. The highest BCUT2D eigenvalue weighted by Gasteiger charge is 2.17. The molecule has 0 fully saturated rings. The lowest BCUT2D eigenvalue weighted by atomic mass is 10.0. The van der Waals surface area contributed by atoms with Gasteiger partial charge in [-0.05, 0) is 43.3 Å². The standard InChI is InChI=1S/C25H24ClN3O5S/c1-3-5-21(12-17(2)10-11-35(28,32)33)29-24(30)16-34-23-9-8-20(26)14-22(23)25(31)19-7-4-6-18(13-19)15-27/h3-10,13-14H,1,11-12,16H2,2H3,(H,29,30)(H2,28,32,33)/b17-10-,21-5+. The zero-order valence-electron chi connectivity index (χ0n) is 19.0. The molecule has 10 heteroatoms. The molecule has 0 saturated heterocycles. The molecule has 1 amide bonds. The molecule has 8 nitrogen and oxygen atoms in total. The summed E-state index contributed by atoms with van der Waals surface area (Å²) in [4.78, 5) is 25.5. The average molecular weight is 514 g/mol. The van der Waals surface area contributed by atoms with Gasteiger partial charge in [0.25, 0.3) is 5.91 Å². The Morgan fingerprint density at radius 1 is 1.26 bits per heavy atom. The van der Waals surface area contributed by atoms with Gasteiger partial charge in [0.1, 0.15) is 5.75 Å². The van der Waals surface area contributed by atoms with Crippen LogP contribution in [0.15, 0.2) is 78.5 Å². The number of benzene rings is 2. The van der Waals surface area contributed by atoms with Gasteiger partial charge in [0.15, 0.2) is 12.4 Å². The fraction of sp³-hybridized carbons (Fsp3) is 0.160. The number of carbonyl (C=O) groups excluding carboxylic acids is 2. The van der Waals surface area contributed by atoms with Crippen LogP contribution in [0.5, 0.6) is 5.75 Å². The zero-order chi connectivity index (χ0) is 26.0. The first kappa shape index (κ1) is 27.5. The number of ketones is 1. The number of primary sulfonamides is 1. The highest BCUT2D eigenvalue weighted by atomic mass is 35.5. The van der Waals surface area contributed by atoms with Crippen molar-refractivity contribution >= 4 is 33.3 Å². The van der Waals surface area contributed by atoms with Gasteiger partial charge in [-0.3, -0.25) is 9.59 Å². The van der Waals surface area contributed by atoms with Gasteiger partial charge >= 0.3 is 0 Å². The molecule has 0 radical (unpaired) electrons. The molecule has 3 N–H and O–H groups in total. The summed E-state index contributed by atoms with van der Waals surface area (Å²) in [5.41, 5.74) is 1.90. The van der Waals surface area contributed by atoms with Crippen molar-refractivity contribution in [2.45, 2.75) is 13.3 Å². The van der Waals surface area contributed by atoms with Crippen LogP contribution in [0.3, 0.4) is 0 Å². The van der Waals surface area contributed by atoms with Crippen LogP contribution in [-0.2, 0) is 14.8 Å². The van der Waals surface area contributed by atoms with Crippen LogP contribution >= 0.6 is 11.6 Å². The van der Waals surface area contributed by atoms with Crippen molar-refractivity contribution in [3.8, 4) is 11.8 Å². The Bertz CT molecular complexity index is 1340. The number of allylic oxidation sites excluding steroid dienone is 3. The minimum atomic E-state index is -3.64. The Labute approximate surface area is 209 Å². The number of carbonyl (C=O) groups is 2. The van der Waals surface area contributed by atoms with Crippen molar-refractivity contribution in [2.24, 2.45) is 5.14 Å². The highest BCUT2D eigenvalue weighted by molar-refractivity contribution is 7.89. The monoisotopic (exact) mass is 513 g/mol. The second-order valence-corrected chi connectivity index (χ2v) is 9.58. The number of hydrogen-bond acceptors (Lipinski definition) is 6. The molecule has 0 aromatic heterocycles. The van der Waals surface area contributed by atoms with Crippen molar-refractivity contribution in [2.75, 3.05) is 12.4 Å². The van der Waals surface area contributed by atoms with E-state index in [9.17, 15) is 18.0 Å². The van der Waals surface area contributed by atoms with Gasteiger partial charge in [0.05, 0.1) is 22.9 Å². The second kappa shape index (κ2) is 12.7. The van der Waals surface area contributed by atoms with E-state index in [-0.39, 0.29) is 29.1 Å². The lowest BCUT2D eigenvalue weighted by Gasteiger charge is -2.13. The Kier molecular flexibility index (Phi) is 9.97. The second-order valence-electron chi connectivity index (χ2n) is 7.48. The summed E-state index contributed by atoms with van der Waals surface area (Å²) in [7, 11) is -3.64. The van der Waals surface area contributed by atoms with E-state index < -0.39 is 28.3 Å². The van der Waals surface area contributed by atoms with E-state index in [0.29, 0.717) is 21.9 Å². The van der Waals surface area contributed by atoms with Gasteiger partial charge in [-0.2, -0.15) is 5.26 Å². The number of amides is 1. The lowest BCUT2D eigenvalue weighted by molar-refractivity contribution is -0.122. The van der Waals surface area contributed by atoms with Gasteiger partial charge in [-0.25, -0.2) is 13.6 Å². The van der Waals surface area contributed by atoms with E-state index in [1.165, 1.54) is 36.4 Å². The third-order valence-corrected chi connectivity index (χ3v) is 5.42. The maximum absolute atomic E-state index is 13.0. The van der Waals surface area contributed by atoms with Gasteiger partial charge < -0.3 is 10.1 Å². The largest absolute Gasteiger partial charge is 0.483 e. The van der Waals surface area contributed by atoms with Crippen LogP contribution in [0.4, 0.5) is 0 Å². The molecular formula is C25H24ClN3O5S. The molecule has 0 aliphatic carbocycles. The molecule has 2 aromatic rings. The van der Waals surface area contributed by atoms with Gasteiger partial charge in [0.2, 0.25) is 10.0 Å². The first-order valence-electron chi connectivity index (χ1n) is 10.3. The average Bonchev–Trinajstić information content (AvgIpc) is 2.81. The van der Waals surface area contributed by atoms with Crippen molar-refractivity contribution in [1.29, 1.82) is 5.26 Å². The predicted octanol–water partition coefficient (Wildman–Crippen LogP) is 3.63. The molecule has 0 unspecified atom stereocenters. The number of ether oxygens (including phenoxy) is 1. The summed E-state index contributed by atoms with van der Waals surface area (Å²) in [6.07, 6.45) is 4.77. The molecule has 0 aliphatic heterocycles. The highest BCUT2D eigenvalue weighted by Crippen LogP contribution is 2.26. The topological polar surface area (TPSA) is 139 Å². The smallest absolute Gasteiger partial charge is 0.262 e. The van der Waals surface area contributed by atoms with E-state index in [2.05, 4.69) is 11.9 Å². The predicted molar refractivity (Wildman–Crippen MR) is 134 cm³/mol. The number of nitrogens with two attached hydrogens (primary N) is 1. The molecule has 0 aliphatic rings. The summed E-state index contributed by atoms with van der Waals surface area (Å²) in [6, 6.07) is 12.6. The normalized spacial score (nSPS) is 11.9. The van der Waals surface area contributed by atoms with E-state index in [0.717, 1.165) is 0 Å². The number of nitriles is 1. The van der Waals surface area contributed by atoms with Crippen LogP contribution in [-0.4, -0.2) is 32.5 Å². The quantitative estimate of drug-likeness (QED) is 0.267. The number of rotatable bonds is 11. The van der Waals surface area contributed by atoms with E-state index >= 15 is 0 Å². The van der Waals surface area contributed by atoms with Crippen LogP contribution in [0.25, 0.3) is 0 Å². The first-order chi connectivity index (χ1) is 16.5. The summed E-state index contributed by atoms with van der Waals surface area (Å²) in [6.45, 7) is 4.91. The fourth-order valence-electron chi connectivity index (χ4n) is 2.97. The van der Waals surface area contributed by atoms with Gasteiger partial charge in [0, 0.05) is 22.7 Å². The third kappa shape index (κ3) is 9.22. The van der Waals surface area contributed by atoms with Crippen molar-refractivity contribution in [3.05, 3.63) is 100 Å². The van der Waals surface area contributed by atoms with E-state index in [4.69, 9.17) is 26.7 Å². The Morgan fingerprint density at radius 3 is 2.66 bits per heavy atom. The summed E-state index contributed by atoms with van der Waals surface area (Å²) < 4.78 is 27.9. The SMILES string of the molecule is C=C/C=C(\C/C(C)=C\CS(N)(=O)=O)NC(=O)COc1ccc(Cl)cc1C(=O)c1cccc(C#N)c1. The number of nitrogens with one attached hydrogen (secondary N) is 1. The molecule has 0 atom stereocenters. The van der Waals surface area contributed by atoms with Crippen molar-refractivity contribution < 1.29 is 22.7 Å². The molecule has 0 bridgehead atoms. The van der Waals surface area contributed by atoms with E-state index in [1.807, 2.05) is 6.07 Å². The van der Waals surface area contributed by atoms with E-state index in [1.54, 1.807) is 31.2 Å². The Morgan fingerprint density at radius 2 is 2.00 bits per heavy atom. The van der Waals surface area contributed by atoms with Crippen molar-refractivity contribution in [3.63, 3.8) is 0 Å². The summed E-state index contributed by atoms with van der Waals surface area (Å²) in [5, 5.41) is 17.1. The molecular weight excluding hydrogens is 490 g/mol. The minimum absolute atomic E-state index is 0.143. The molecule has 182 valence electrons. The number of nitrogens with zero attached hydrogens (tertiary/aromatic N) is 1. The zero-order valence-corrected chi connectivity index (χ0v) is 20.5. The lowest BCUT2D eigenvalue weighted by Crippen LogP contribution is -2.28. The van der Waals surface area contributed by atoms with Crippen LogP contribution in [0, 0.1) is 11.3 Å². The molecule has 2 aromatic carbocycles. The summed E-state index contributed by atoms with van der Waals surface area (Å²) in [5.74, 6) is -1.09. The Balaban J connectivity index is 2.13. The molecule has 2 rings (SSSR count). The summed E-state index contributed by atoms with van der Waals surface area (Å²) >= 11 is 6.07. The Hall–Kier alpha value is -3.71. The van der Waals surface area contributed by atoms with Crippen LogP contribution < -0.4 is 15.2 Å². The third-order valence-electron chi connectivity index (χ3n) is 4.55. The molecule has 0 saturated carbocycles. The number of hydrogen-bond donors (Lipinski definition) is 2. The maximum atomic E-state index is 13.0. The van der Waals surface area contributed by atoms with Gasteiger partial charge in [-0.15, -0.1) is 0 Å². The van der Waals surface area contributed by atoms with Crippen LogP contribution in [0.1, 0.15) is 34.8 Å². The van der Waals surface area contributed by atoms with Crippen LogP contribution in [0.2, 0.25) is 5.02 Å². The minimum Gasteiger partial charge on any atom is -0.483 e. The molecule has 35 heavy (non-hydrogen) atoms. The maximum Gasteiger partial charge on any atom is 0.262 e. The van der Waals surface area contributed by atoms with Crippen molar-refractivity contribution in [1.82, 2.24) is 5.32 Å².